The van der Waals surface area contributed by atoms with Gasteiger partial charge in [-0.1, -0.05) is 31.5 Å². The fourth-order valence-corrected chi connectivity index (χ4v) is 2.07. The molecule has 0 aliphatic carbocycles. The minimum absolute atomic E-state index is 0.366. The van der Waals surface area contributed by atoms with Gasteiger partial charge >= 0.3 is 0 Å². The standard InChI is InChI=1S/C16H26ClNO2/c1-12(2)6-5-9-20-11-14(19)10-18-16-8-4-7-15(17)13(16)3/h4,7-8,12,14,18-19H,5-6,9-11H2,1-3H3. The molecular formula is C16H26ClNO2. The number of rotatable bonds is 9. The number of hydrogen-bond donors (Lipinski definition) is 2. The van der Waals surface area contributed by atoms with Gasteiger partial charge in [0, 0.05) is 23.9 Å². The molecule has 0 spiro atoms. The van der Waals surface area contributed by atoms with E-state index in [9.17, 15) is 5.11 Å². The first-order valence-electron chi connectivity index (χ1n) is 7.25. The molecule has 0 radical (unpaired) electrons. The van der Waals surface area contributed by atoms with Crippen molar-refractivity contribution in [2.75, 3.05) is 25.1 Å². The molecule has 1 unspecified atom stereocenters. The van der Waals surface area contributed by atoms with E-state index in [-0.39, 0.29) is 0 Å². The Hall–Kier alpha value is -0.770. The molecule has 0 heterocycles. The van der Waals surface area contributed by atoms with Gasteiger partial charge in [0.15, 0.2) is 0 Å². The van der Waals surface area contributed by atoms with Crippen molar-refractivity contribution in [1.82, 2.24) is 0 Å². The molecule has 0 saturated heterocycles. The highest BCUT2D eigenvalue weighted by atomic mass is 35.5. The quantitative estimate of drug-likeness (QED) is 0.680. The minimum Gasteiger partial charge on any atom is -0.389 e. The first-order valence-corrected chi connectivity index (χ1v) is 7.63. The Morgan fingerprint density at radius 3 is 2.80 bits per heavy atom. The lowest BCUT2D eigenvalue weighted by atomic mass is 10.1. The number of anilines is 1. The molecule has 3 nitrogen and oxygen atoms in total. The van der Waals surface area contributed by atoms with Crippen LogP contribution in [0.1, 0.15) is 32.3 Å². The average molecular weight is 300 g/mol. The molecule has 0 aliphatic rings. The van der Waals surface area contributed by atoms with E-state index in [0.717, 1.165) is 29.1 Å². The van der Waals surface area contributed by atoms with E-state index in [4.69, 9.17) is 16.3 Å². The van der Waals surface area contributed by atoms with Crippen LogP contribution < -0.4 is 5.32 Å². The van der Waals surface area contributed by atoms with Crippen molar-refractivity contribution in [2.45, 2.75) is 39.7 Å². The number of aliphatic hydroxyl groups excluding tert-OH is 1. The van der Waals surface area contributed by atoms with Crippen LogP contribution in [-0.2, 0) is 4.74 Å². The highest BCUT2D eigenvalue weighted by Crippen LogP contribution is 2.22. The van der Waals surface area contributed by atoms with E-state index >= 15 is 0 Å². The fraction of sp³-hybridized carbons (Fsp3) is 0.625. The Morgan fingerprint density at radius 2 is 2.10 bits per heavy atom. The smallest absolute Gasteiger partial charge is 0.0945 e. The third-order valence-electron chi connectivity index (χ3n) is 3.18. The van der Waals surface area contributed by atoms with Gasteiger partial charge in [0.05, 0.1) is 12.7 Å². The highest BCUT2D eigenvalue weighted by molar-refractivity contribution is 6.31. The zero-order valence-corrected chi connectivity index (χ0v) is 13.4. The van der Waals surface area contributed by atoms with Crippen LogP contribution in [0.3, 0.4) is 0 Å². The Labute approximate surface area is 127 Å². The molecular weight excluding hydrogens is 274 g/mol. The van der Waals surface area contributed by atoms with Crippen LogP contribution >= 0.6 is 11.6 Å². The summed E-state index contributed by atoms with van der Waals surface area (Å²) >= 11 is 6.05. The maximum atomic E-state index is 9.86. The predicted molar refractivity (Wildman–Crippen MR) is 85.6 cm³/mol. The lowest BCUT2D eigenvalue weighted by Crippen LogP contribution is -2.25. The molecule has 0 aromatic heterocycles. The highest BCUT2D eigenvalue weighted by Gasteiger charge is 2.06. The van der Waals surface area contributed by atoms with Gasteiger partial charge < -0.3 is 15.2 Å². The Kier molecular flexibility index (Phi) is 7.97. The van der Waals surface area contributed by atoms with Gasteiger partial charge in [-0.3, -0.25) is 0 Å². The van der Waals surface area contributed by atoms with Gasteiger partial charge in [0.2, 0.25) is 0 Å². The summed E-state index contributed by atoms with van der Waals surface area (Å²) in [6.45, 7) is 7.90. The maximum absolute atomic E-state index is 9.86. The number of halogens is 1. The molecule has 114 valence electrons. The van der Waals surface area contributed by atoms with Crippen LogP contribution in [0, 0.1) is 12.8 Å². The summed E-state index contributed by atoms with van der Waals surface area (Å²) in [6.07, 6.45) is 1.70. The SMILES string of the molecule is Cc1c(Cl)cccc1NCC(O)COCCCC(C)C. The van der Waals surface area contributed by atoms with Crippen LogP contribution in [0.2, 0.25) is 5.02 Å². The summed E-state index contributed by atoms with van der Waals surface area (Å²) < 4.78 is 5.47. The topological polar surface area (TPSA) is 41.5 Å². The molecule has 20 heavy (non-hydrogen) atoms. The number of ether oxygens (including phenoxy) is 1. The molecule has 1 aromatic carbocycles. The summed E-state index contributed by atoms with van der Waals surface area (Å²) in [5, 5.41) is 13.8. The van der Waals surface area contributed by atoms with Gasteiger partial charge in [0.1, 0.15) is 0 Å². The molecule has 1 rings (SSSR count). The lowest BCUT2D eigenvalue weighted by Gasteiger charge is -2.15. The summed E-state index contributed by atoms with van der Waals surface area (Å²) in [5.74, 6) is 0.705. The molecule has 1 aromatic rings. The van der Waals surface area contributed by atoms with E-state index in [1.807, 2.05) is 25.1 Å². The van der Waals surface area contributed by atoms with Crippen LogP contribution in [-0.4, -0.2) is 31.0 Å². The summed E-state index contributed by atoms with van der Waals surface area (Å²) in [7, 11) is 0. The molecule has 0 fully saturated rings. The van der Waals surface area contributed by atoms with Crippen molar-refractivity contribution in [3.05, 3.63) is 28.8 Å². The van der Waals surface area contributed by atoms with Crippen LogP contribution in [0.25, 0.3) is 0 Å². The molecule has 0 bridgehead atoms. The van der Waals surface area contributed by atoms with E-state index in [0.29, 0.717) is 25.7 Å². The van der Waals surface area contributed by atoms with E-state index in [1.54, 1.807) is 0 Å². The van der Waals surface area contributed by atoms with Crippen LogP contribution in [0.5, 0.6) is 0 Å². The second kappa shape index (κ2) is 9.22. The summed E-state index contributed by atoms with van der Waals surface area (Å²) in [4.78, 5) is 0. The first kappa shape index (κ1) is 17.3. The van der Waals surface area contributed by atoms with Crippen molar-refractivity contribution in [1.29, 1.82) is 0 Å². The number of aliphatic hydroxyl groups is 1. The van der Waals surface area contributed by atoms with Gasteiger partial charge in [-0.15, -0.1) is 0 Å². The Bertz CT molecular complexity index is 396. The second-order valence-corrected chi connectivity index (χ2v) is 5.97. The Morgan fingerprint density at radius 1 is 1.35 bits per heavy atom. The third kappa shape index (κ3) is 6.60. The van der Waals surface area contributed by atoms with Crippen LogP contribution in [0.4, 0.5) is 5.69 Å². The summed E-state index contributed by atoms with van der Waals surface area (Å²) in [5.41, 5.74) is 1.95. The lowest BCUT2D eigenvalue weighted by molar-refractivity contribution is 0.0409. The van der Waals surface area contributed by atoms with E-state index in [2.05, 4.69) is 19.2 Å². The molecule has 0 amide bonds. The molecule has 2 N–H and O–H groups in total. The maximum Gasteiger partial charge on any atom is 0.0945 e. The predicted octanol–water partition coefficient (Wildman–Crippen LogP) is 3.87. The fourth-order valence-electron chi connectivity index (χ4n) is 1.90. The van der Waals surface area contributed by atoms with Gasteiger partial charge in [-0.2, -0.15) is 0 Å². The van der Waals surface area contributed by atoms with Crippen molar-refractivity contribution in [3.8, 4) is 0 Å². The van der Waals surface area contributed by atoms with Crippen molar-refractivity contribution < 1.29 is 9.84 Å². The van der Waals surface area contributed by atoms with E-state index in [1.165, 1.54) is 0 Å². The number of benzene rings is 1. The van der Waals surface area contributed by atoms with Crippen molar-refractivity contribution >= 4 is 17.3 Å². The molecule has 1 atom stereocenters. The number of hydrogen-bond acceptors (Lipinski definition) is 3. The van der Waals surface area contributed by atoms with Gasteiger partial charge in [-0.25, -0.2) is 0 Å². The van der Waals surface area contributed by atoms with Crippen molar-refractivity contribution in [2.24, 2.45) is 5.92 Å². The minimum atomic E-state index is -0.507. The first-order chi connectivity index (χ1) is 9.50. The molecule has 4 heteroatoms. The average Bonchev–Trinajstić information content (AvgIpc) is 2.39. The zero-order valence-electron chi connectivity index (χ0n) is 12.7. The van der Waals surface area contributed by atoms with Gasteiger partial charge in [-0.05, 0) is 43.4 Å². The Balaban J connectivity index is 2.19. The normalized spacial score (nSPS) is 12.7. The zero-order chi connectivity index (χ0) is 15.0. The monoisotopic (exact) mass is 299 g/mol. The van der Waals surface area contributed by atoms with E-state index < -0.39 is 6.10 Å². The largest absolute Gasteiger partial charge is 0.389 e. The molecule has 0 aliphatic heterocycles. The number of nitrogens with one attached hydrogen (secondary N) is 1. The summed E-state index contributed by atoms with van der Waals surface area (Å²) in [6, 6.07) is 5.71. The third-order valence-corrected chi connectivity index (χ3v) is 3.59. The second-order valence-electron chi connectivity index (χ2n) is 5.56. The van der Waals surface area contributed by atoms with Crippen LogP contribution in [0.15, 0.2) is 18.2 Å². The van der Waals surface area contributed by atoms with Crippen molar-refractivity contribution in [3.63, 3.8) is 0 Å². The molecule has 0 saturated carbocycles. The van der Waals surface area contributed by atoms with Gasteiger partial charge in [0.25, 0.3) is 0 Å².